The molecule has 3 rings (SSSR count). The normalized spacial score (nSPS) is 20.4. The van der Waals surface area contributed by atoms with Crippen LogP contribution < -0.4 is 16.0 Å². The predicted octanol–water partition coefficient (Wildman–Crippen LogP) is 2.11. The summed E-state index contributed by atoms with van der Waals surface area (Å²) in [5.41, 5.74) is 1.38. The third-order valence-corrected chi connectivity index (χ3v) is 3.90. The molecule has 1 aromatic rings. The molecule has 0 radical (unpaired) electrons. The molecule has 0 aromatic heterocycles. The zero-order valence-corrected chi connectivity index (χ0v) is 12.2. The molecule has 2 aliphatic rings. The van der Waals surface area contributed by atoms with Crippen molar-refractivity contribution < 1.29 is 4.79 Å². The highest BCUT2D eigenvalue weighted by atomic mass is 79.9. The smallest absolute Gasteiger partial charge is 0.255 e. The van der Waals surface area contributed by atoms with E-state index in [0.717, 1.165) is 36.1 Å². The first kappa shape index (κ1) is 13.6. The van der Waals surface area contributed by atoms with Gasteiger partial charge in [-0.05, 0) is 31.3 Å². The molecule has 1 spiro atoms. The monoisotopic (exact) mass is 331 g/mol. The number of fused-ring (bicyclic) bond motifs is 1. The molecule has 3 N–H and O–H groups in total. The van der Waals surface area contributed by atoms with Crippen LogP contribution >= 0.6 is 28.3 Å². The Bertz CT molecular complexity index is 474. The second-order valence-corrected chi connectivity index (χ2v) is 5.52. The lowest BCUT2D eigenvalue weighted by molar-refractivity contribution is 0.0881. The minimum atomic E-state index is -0.261. The topological polar surface area (TPSA) is 53.2 Å². The number of rotatable bonds is 0. The summed E-state index contributed by atoms with van der Waals surface area (Å²) in [4.78, 5) is 12.1. The standard InChI is InChI=1S/C12H14BrN3O.ClH/c13-8-1-2-10-9(7-8)11(17)16-12(15-10)3-5-14-6-4-12;/h1-2,7,14-15H,3-6H2,(H,16,17);1H. The minimum absolute atomic E-state index is 0. The maximum atomic E-state index is 12.1. The van der Waals surface area contributed by atoms with Crippen LogP contribution in [0.5, 0.6) is 0 Å². The molecule has 0 bridgehead atoms. The summed E-state index contributed by atoms with van der Waals surface area (Å²) in [5.74, 6) is 0.0157. The highest BCUT2D eigenvalue weighted by Crippen LogP contribution is 2.31. The number of carbonyl (C=O) groups is 1. The van der Waals surface area contributed by atoms with Crippen molar-refractivity contribution >= 4 is 39.9 Å². The molecule has 0 unspecified atom stereocenters. The van der Waals surface area contributed by atoms with E-state index in [-0.39, 0.29) is 24.0 Å². The van der Waals surface area contributed by atoms with Crippen LogP contribution in [0.2, 0.25) is 0 Å². The lowest BCUT2D eigenvalue weighted by atomic mass is 9.93. The number of piperidine rings is 1. The highest BCUT2D eigenvalue weighted by molar-refractivity contribution is 9.10. The van der Waals surface area contributed by atoms with Crippen LogP contribution in [0.1, 0.15) is 23.2 Å². The van der Waals surface area contributed by atoms with Crippen LogP contribution in [-0.2, 0) is 0 Å². The maximum Gasteiger partial charge on any atom is 0.255 e. The van der Waals surface area contributed by atoms with Crippen molar-refractivity contribution in [1.82, 2.24) is 10.6 Å². The van der Waals surface area contributed by atoms with Crippen molar-refractivity contribution in [1.29, 1.82) is 0 Å². The Morgan fingerprint density at radius 2 is 1.89 bits per heavy atom. The van der Waals surface area contributed by atoms with Crippen molar-refractivity contribution in [2.45, 2.75) is 18.5 Å². The summed E-state index contributed by atoms with van der Waals surface area (Å²) in [7, 11) is 0. The van der Waals surface area contributed by atoms with Crippen LogP contribution in [-0.4, -0.2) is 24.7 Å². The fraction of sp³-hybridized carbons (Fsp3) is 0.417. The number of hydrogen-bond donors (Lipinski definition) is 3. The summed E-state index contributed by atoms with van der Waals surface area (Å²) >= 11 is 3.39. The molecule has 0 atom stereocenters. The average molecular weight is 333 g/mol. The fourth-order valence-corrected chi connectivity index (χ4v) is 2.85. The molecule has 1 saturated heterocycles. The SMILES string of the molecule is Cl.O=C1NC2(CCNCC2)Nc2ccc(Br)cc21. The van der Waals surface area contributed by atoms with E-state index in [1.807, 2.05) is 18.2 Å². The van der Waals surface area contributed by atoms with Crippen molar-refractivity contribution in [2.75, 3.05) is 18.4 Å². The molecule has 1 aromatic carbocycles. The summed E-state index contributed by atoms with van der Waals surface area (Å²) in [5, 5.41) is 9.89. The van der Waals surface area contributed by atoms with E-state index in [1.54, 1.807) is 0 Å². The average Bonchev–Trinajstić information content (AvgIpc) is 2.31. The summed E-state index contributed by atoms with van der Waals surface area (Å²) in [6, 6.07) is 5.77. The number of nitrogens with one attached hydrogen (secondary N) is 3. The third-order valence-electron chi connectivity index (χ3n) is 3.41. The summed E-state index contributed by atoms with van der Waals surface area (Å²) in [6.07, 6.45) is 1.82. The lowest BCUT2D eigenvalue weighted by Crippen LogP contribution is -2.61. The summed E-state index contributed by atoms with van der Waals surface area (Å²) < 4.78 is 0.925. The molecule has 4 nitrogen and oxygen atoms in total. The van der Waals surface area contributed by atoms with Gasteiger partial charge in [-0.25, -0.2) is 0 Å². The van der Waals surface area contributed by atoms with E-state index in [2.05, 4.69) is 31.9 Å². The van der Waals surface area contributed by atoms with Crippen molar-refractivity contribution in [3.05, 3.63) is 28.2 Å². The Kier molecular flexibility index (Phi) is 3.84. The van der Waals surface area contributed by atoms with Gasteiger partial charge in [0.2, 0.25) is 0 Å². The van der Waals surface area contributed by atoms with Gasteiger partial charge in [0.15, 0.2) is 0 Å². The number of anilines is 1. The lowest BCUT2D eigenvalue weighted by Gasteiger charge is -2.43. The van der Waals surface area contributed by atoms with Gasteiger partial charge in [0.1, 0.15) is 5.66 Å². The van der Waals surface area contributed by atoms with E-state index in [1.165, 1.54) is 0 Å². The Morgan fingerprint density at radius 3 is 2.61 bits per heavy atom. The first-order valence-electron chi connectivity index (χ1n) is 5.80. The molecule has 0 aliphatic carbocycles. The molecule has 18 heavy (non-hydrogen) atoms. The third kappa shape index (κ3) is 2.35. The van der Waals surface area contributed by atoms with Crippen LogP contribution in [0.15, 0.2) is 22.7 Å². The minimum Gasteiger partial charge on any atom is -0.362 e. The molecule has 0 saturated carbocycles. The van der Waals surface area contributed by atoms with Gasteiger partial charge in [-0.1, -0.05) is 15.9 Å². The largest absolute Gasteiger partial charge is 0.362 e. The van der Waals surface area contributed by atoms with Crippen molar-refractivity contribution in [3.8, 4) is 0 Å². The van der Waals surface area contributed by atoms with E-state index in [9.17, 15) is 4.79 Å². The quantitative estimate of drug-likeness (QED) is 0.682. The first-order chi connectivity index (χ1) is 8.19. The first-order valence-corrected chi connectivity index (χ1v) is 6.59. The van der Waals surface area contributed by atoms with Gasteiger partial charge < -0.3 is 16.0 Å². The zero-order chi connectivity index (χ0) is 11.9. The Labute approximate surface area is 120 Å². The van der Waals surface area contributed by atoms with E-state index < -0.39 is 0 Å². The molecular formula is C12H15BrClN3O. The molecule has 1 amide bonds. The molecule has 98 valence electrons. The van der Waals surface area contributed by atoms with Gasteiger partial charge in [0, 0.05) is 23.0 Å². The molecule has 1 fully saturated rings. The van der Waals surface area contributed by atoms with Crippen LogP contribution in [0.3, 0.4) is 0 Å². The number of halogens is 2. The Morgan fingerprint density at radius 1 is 1.17 bits per heavy atom. The van der Waals surface area contributed by atoms with E-state index >= 15 is 0 Å². The van der Waals surface area contributed by atoms with Gasteiger partial charge in [0.05, 0.1) is 5.56 Å². The van der Waals surface area contributed by atoms with Gasteiger partial charge >= 0.3 is 0 Å². The van der Waals surface area contributed by atoms with Gasteiger partial charge in [0.25, 0.3) is 5.91 Å². The number of carbonyl (C=O) groups excluding carboxylic acids is 1. The van der Waals surface area contributed by atoms with Crippen LogP contribution in [0.25, 0.3) is 0 Å². The van der Waals surface area contributed by atoms with Gasteiger partial charge in [-0.3, -0.25) is 4.79 Å². The second kappa shape index (κ2) is 5.07. The summed E-state index contributed by atoms with van der Waals surface area (Å²) in [6.45, 7) is 1.86. The molecular weight excluding hydrogens is 318 g/mol. The van der Waals surface area contributed by atoms with Crippen molar-refractivity contribution in [3.63, 3.8) is 0 Å². The van der Waals surface area contributed by atoms with Crippen LogP contribution in [0, 0.1) is 0 Å². The highest BCUT2D eigenvalue weighted by Gasteiger charge is 2.38. The molecule has 6 heteroatoms. The second-order valence-electron chi connectivity index (χ2n) is 4.60. The number of hydrogen-bond acceptors (Lipinski definition) is 3. The number of benzene rings is 1. The van der Waals surface area contributed by atoms with Gasteiger partial charge in [-0.2, -0.15) is 0 Å². The molecule has 2 heterocycles. The fourth-order valence-electron chi connectivity index (χ4n) is 2.49. The van der Waals surface area contributed by atoms with E-state index in [0.29, 0.717) is 5.56 Å². The van der Waals surface area contributed by atoms with E-state index in [4.69, 9.17) is 0 Å². The van der Waals surface area contributed by atoms with Crippen LogP contribution in [0.4, 0.5) is 5.69 Å². The van der Waals surface area contributed by atoms with Crippen molar-refractivity contribution in [2.24, 2.45) is 0 Å². The number of amides is 1. The maximum absolute atomic E-state index is 12.1. The zero-order valence-electron chi connectivity index (χ0n) is 9.75. The predicted molar refractivity (Wildman–Crippen MR) is 77.3 cm³/mol. The van der Waals surface area contributed by atoms with Gasteiger partial charge in [-0.15, -0.1) is 12.4 Å². The Hall–Kier alpha value is -0.780. The molecule has 2 aliphatic heterocycles. The Balaban J connectivity index is 0.00000120.